The Morgan fingerprint density at radius 3 is 2.20 bits per heavy atom. The molecule has 0 aromatic heterocycles. The zero-order chi connectivity index (χ0) is 28.6. The van der Waals surface area contributed by atoms with Crippen molar-refractivity contribution in [2.75, 3.05) is 0 Å². The number of aromatic hydroxyl groups is 3. The van der Waals surface area contributed by atoms with E-state index in [1.165, 1.54) is 18.2 Å². The molecule has 0 bridgehead atoms. The number of hydrogen-bond donors (Lipinski definition) is 6. The molecule has 0 radical (unpaired) electrons. The van der Waals surface area contributed by atoms with E-state index in [1.807, 2.05) is 0 Å². The summed E-state index contributed by atoms with van der Waals surface area (Å²) in [4.78, 5) is 41.2. The van der Waals surface area contributed by atoms with Crippen molar-refractivity contribution >= 4 is 33.9 Å². The molecule has 3 aliphatic carbocycles. The summed E-state index contributed by atoms with van der Waals surface area (Å²) in [6.07, 6.45) is -3.96. The number of ketones is 3. The molecule has 40 heavy (non-hydrogen) atoms. The van der Waals surface area contributed by atoms with E-state index in [4.69, 9.17) is 4.74 Å². The smallest absolute Gasteiger partial charge is 0.212 e. The lowest BCUT2D eigenvalue weighted by molar-refractivity contribution is -0.132. The highest BCUT2D eigenvalue weighted by Crippen LogP contribution is 2.63. The summed E-state index contributed by atoms with van der Waals surface area (Å²) in [7, 11) is 0. The van der Waals surface area contributed by atoms with E-state index in [2.05, 4.69) is 0 Å². The Morgan fingerprint density at radius 1 is 0.825 bits per heavy atom. The van der Waals surface area contributed by atoms with Crippen LogP contribution in [0.25, 0.3) is 16.5 Å². The number of carbonyl (C=O) groups is 3. The second-order valence-corrected chi connectivity index (χ2v) is 11.2. The number of phenols is 3. The van der Waals surface area contributed by atoms with Gasteiger partial charge in [-0.15, -0.1) is 0 Å². The van der Waals surface area contributed by atoms with E-state index < -0.39 is 82.7 Å². The Labute approximate surface area is 226 Å². The van der Waals surface area contributed by atoms with Gasteiger partial charge in [-0.3, -0.25) is 14.4 Å². The maximum Gasteiger partial charge on any atom is 0.212 e. The number of ether oxygens (including phenoxy) is 1. The third-order valence-corrected chi connectivity index (χ3v) is 8.81. The Kier molecular flexibility index (Phi) is 4.69. The van der Waals surface area contributed by atoms with Crippen LogP contribution in [-0.2, 0) is 4.79 Å². The fraction of sp³-hybridized carbons (Fsp3) is 0.300. The summed E-state index contributed by atoms with van der Waals surface area (Å²) in [5.74, 6) is -6.86. The first kappa shape index (κ1) is 24.6. The summed E-state index contributed by atoms with van der Waals surface area (Å²) in [5, 5.41) is 66.8. The maximum atomic E-state index is 14.5. The van der Waals surface area contributed by atoms with Crippen LogP contribution >= 0.6 is 0 Å². The van der Waals surface area contributed by atoms with Gasteiger partial charge in [0.15, 0.2) is 11.6 Å². The molecule has 1 saturated carbocycles. The molecular weight excluding hydrogens is 520 g/mol. The number of benzene rings is 3. The largest absolute Gasteiger partial charge is 0.507 e. The molecule has 6 N–H and O–H groups in total. The van der Waals surface area contributed by atoms with E-state index in [0.717, 1.165) is 0 Å². The topological polar surface area (TPSA) is 182 Å². The third kappa shape index (κ3) is 2.72. The Morgan fingerprint density at radius 2 is 1.48 bits per heavy atom. The fourth-order valence-corrected chi connectivity index (χ4v) is 7.42. The van der Waals surface area contributed by atoms with Crippen LogP contribution in [0.2, 0.25) is 0 Å². The average molecular weight is 545 g/mol. The predicted octanol–water partition coefficient (Wildman–Crippen LogP) is 2.85. The number of aliphatic hydroxyl groups is 3. The lowest BCUT2D eigenvalue weighted by atomic mass is 9.54. The molecule has 10 heteroatoms. The van der Waals surface area contributed by atoms with Gasteiger partial charge >= 0.3 is 0 Å². The van der Waals surface area contributed by atoms with Crippen molar-refractivity contribution in [3.63, 3.8) is 0 Å². The summed E-state index contributed by atoms with van der Waals surface area (Å²) in [5.41, 5.74) is -2.30. The predicted molar refractivity (Wildman–Crippen MR) is 139 cm³/mol. The number of aryl methyl sites for hydroxylation is 2. The average Bonchev–Trinajstić information content (AvgIpc) is 2.85. The normalized spacial score (nSPS) is 28.6. The highest BCUT2D eigenvalue weighted by Gasteiger charge is 2.69. The molecule has 10 nitrogen and oxygen atoms in total. The summed E-state index contributed by atoms with van der Waals surface area (Å²) in [6, 6.07) is 5.70. The molecule has 4 aliphatic rings. The number of hydrogen-bond acceptors (Lipinski definition) is 10. The number of Topliss-reactive ketones (excluding diaryl/α,β-unsaturated/α-hetero) is 3. The molecule has 1 unspecified atom stereocenters. The van der Waals surface area contributed by atoms with Crippen LogP contribution in [0.4, 0.5) is 0 Å². The van der Waals surface area contributed by atoms with Crippen molar-refractivity contribution in [1.29, 1.82) is 0 Å². The monoisotopic (exact) mass is 544 g/mol. The van der Waals surface area contributed by atoms with Gasteiger partial charge in [0.05, 0.1) is 34.3 Å². The number of fused-ring (bicyclic) bond motifs is 4. The van der Waals surface area contributed by atoms with Gasteiger partial charge in [0.25, 0.3) is 0 Å². The molecule has 7 rings (SSSR count). The lowest BCUT2D eigenvalue weighted by Crippen LogP contribution is -2.67. The first-order valence-electron chi connectivity index (χ1n) is 12.8. The van der Waals surface area contributed by atoms with E-state index in [0.29, 0.717) is 11.1 Å². The van der Waals surface area contributed by atoms with E-state index >= 15 is 0 Å². The molecule has 3 aromatic carbocycles. The van der Waals surface area contributed by atoms with Crippen LogP contribution in [0.5, 0.6) is 23.0 Å². The van der Waals surface area contributed by atoms with Crippen LogP contribution in [0.3, 0.4) is 0 Å². The van der Waals surface area contributed by atoms with Crippen molar-refractivity contribution in [3.8, 4) is 23.0 Å². The Hall–Kier alpha value is -4.41. The van der Waals surface area contributed by atoms with Gasteiger partial charge in [0.2, 0.25) is 11.4 Å². The van der Waals surface area contributed by atoms with E-state index in [1.54, 1.807) is 19.9 Å². The van der Waals surface area contributed by atoms with Crippen LogP contribution in [0.1, 0.15) is 61.7 Å². The summed E-state index contributed by atoms with van der Waals surface area (Å²) >= 11 is 0. The van der Waals surface area contributed by atoms with Crippen molar-refractivity contribution in [2.45, 2.75) is 50.4 Å². The number of phenolic OH excluding ortho intramolecular Hbond substituents is 3. The van der Waals surface area contributed by atoms with Gasteiger partial charge in [-0.2, -0.15) is 0 Å². The molecule has 1 heterocycles. The van der Waals surface area contributed by atoms with Crippen molar-refractivity contribution < 1.29 is 49.8 Å². The van der Waals surface area contributed by atoms with Crippen LogP contribution in [0.15, 0.2) is 29.8 Å². The molecule has 0 saturated heterocycles. The van der Waals surface area contributed by atoms with Gasteiger partial charge in [-0.05, 0) is 49.2 Å². The highest BCUT2D eigenvalue weighted by atomic mass is 16.5. The third-order valence-electron chi connectivity index (χ3n) is 8.81. The number of carbonyl (C=O) groups excluding carboxylic acids is 3. The Bertz CT molecular complexity index is 1800. The van der Waals surface area contributed by atoms with E-state index in [-0.39, 0.29) is 44.5 Å². The first-order chi connectivity index (χ1) is 18.9. The molecule has 0 amide bonds. The first-order valence-corrected chi connectivity index (χ1v) is 12.8. The molecule has 204 valence electrons. The minimum Gasteiger partial charge on any atom is -0.507 e. The molecular formula is C30H24O10. The van der Waals surface area contributed by atoms with E-state index in [9.17, 15) is 45.0 Å². The zero-order valence-corrected chi connectivity index (χ0v) is 21.3. The molecule has 1 aliphatic heterocycles. The minimum atomic E-state index is -2.34. The molecule has 1 fully saturated rings. The second-order valence-electron chi connectivity index (χ2n) is 11.2. The van der Waals surface area contributed by atoms with Crippen molar-refractivity contribution in [2.24, 2.45) is 5.92 Å². The van der Waals surface area contributed by atoms with Crippen molar-refractivity contribution in [3.05, 3.63) is 63.2 Å². The fourth-order valence-electron chi connectivity index (χ4n) is 7.42. The van der Waals surface area contributed by atoms with Crippen LogP contribution in [0, 0.1) is 19.8 Å². The summed E-state index contributed by atoms with van der Waals surface area (Å²) in [6.45, 7) is 3.30. The minimum absolute atomic E-state index is 0.0623. The zero-order valence-electron chi connectivity index (χ0n) is 21.3. The highest BCUT2D eigenvalue weighted by molar-refractivity contribution is 6.23. The standard InChI is InChI=1S/C30H24O10/c1-9-3-11-19(13(31)5-9)26(37)22-16(34)7-15(33)21-23(22)28(11)40-30-24(21)17(35)8-18(36)25(30)27(38)20-12(29(30)39)4-10(2)6-14(20)32/h3-6,15,17,21,24,31-33,35,37-38H,7-8H2,1-2H3/t15-,17-,21+,24-,30?/m0/s1. The van der Waals surface area contributed by atoms with Crippen molar-refractivity contribution in [1.82, 2.24) is 0 Å². The molecule has 5 atom stereocenters. The quantitative estimate of drug-likeness (QED) is 0.246. The molecule has 1 spiro atoms. The van der Waals surface area contributed by atoms with Gasteiger partial charge in [-0.25, -0.2) is 0 Å². The summed E-state index contributed by atoms with van der Waals surface area (Å²) < 4.78 is 6.49. The van der Waals surface area contributed by atoms with Gasteiger partial charge in [0, 0.05) is 41.2 Å². The number of rotatable bonds is 0. The Balaban J connectivity index is 1.67. The van der Waals surface area contributed by atoms with Crippen LogP contribution in [-0.4, -0.2) is 65.8 Å². The van der Waals surface area contributed by atoms with Gasteiger partial charge in [0.1, 0.15) is 28.8 Å². The SMILES string of the molecule is Cc1cc(O)c2c(c1)C(=O)C13Oc4c5c(c(O)c6c(O)cc(C)cc46)C(=O)C[C@H](O)[C@H]5[C@@H]1[C@@H](O)CC(=O)C3=C2O. The maximum absolute atomic E-state index is 14.5. The lowest BCUT2D eigenvalue weighted by Gasteiger charge is -2.55. The van der Waals surface area contributed by atoms with Gasteiger partial charge < -0.3 is 35.4 Å². The van der Waals surface area contributed by atoms with Crippen LogP contribution < -0.4 is 4.74 Å². The van der Waals surface area contributed by atoms with Gasteiger partial charge in [-0.1, -0.05) is 0 Å². The number of aliphatic hydroxyl groups excluding tert-OH is 3. The second kappa shape index (κ2) is 7.61. The molecule has 3 aromatic rings.